The van der Waals surface area contributed by atoms with Crippen LogP contribution in [-0.2, 0) is 5.41 Å². The largest absolute Gasteiger partial charge is 0.456 e. The molecule has 2 nitrogen and oxygen atoms in total. The second kappa shape index (κ2) is 10.4. The molecule has 1 heterocycles. The first-order chi connectivity index (χ1) is 24.1. The fraction of sp³-hybridized carbons (Fsp3) is 0.0638. The highest BCUT2D eigenvalue weighted by Crippen LogP contribution is 2.56. The topological polar surface area (TPSA) is 16.4 Å². The van der Waals surface area contributed by atoms with Crippen molar-refractivity contribution in [3.05, 3.63) is 175 Å². The zero-order chi connectivity index (χ0) is 32.7. The van der Waals surface area contributed by atoms with Crippen molar-refractivity contribution in [2.45, 2.75) is 19.3 Å². The lowest BCUT2D eigenvalue weighted by atomic mass is 9.79. The Balaban J connectivity index is 1.25. The van der Waals surface area contributed by atoms with Crippen LogP contribution >= 0.6 is 0 Å². The van der Waals surface area contributed by atoms with Crippen LogP contribution < -0.4 is 4.90 Å². The Hall–Kier alpha value is -6.12. The zero-order valence-corrected chi connectivity index (χ0v) is 27.4. The van der Waals surface area contributed by atoms with Gasteiger partial charge in [0.15, 0.2) is 0 Å². The standard InChI is InChI=1S/C47H33NO/c1-47(2)41-22-12-10-21-38(41)45-40(28-30-14-6-7-17-33(30)46(45)47)35-25-26-42(36-19-9-8-18-34(35)36)48(31-15-4-3-5-16-31)32-24-27-44-39(29-32)37-20-11-13-23-43(37)49-44/h3-29H,1-2H3. The molecule has 0 amide bonds. The van der Waals surface area contributed by atoms with Crippen LogP contribution in [0.5, 0.6) is 0 Å². The second-order valence-electron chi connectivity index (χ2n) is 13.7. The summed E-state index contributed by atoms with van der Waals surface area (Å²) in [7, 11) is 0. The first-order valence-electron chi connectivity index (χ1n) is 17.0. The van der Waals surface area contributed by atoms with Gasteiger partial charge in [0.05, 0.1) is 5.69 Å². The predicted molar refractivity (Wildman–Crippen MR) is 206 cm³/mol. The summed E-state index contributed by atoms with van der Waals surface area (Å²) in [5.74, 6) is 0. The number of fused-ring (bicyclic) bond motifs is 9. The highest BCUT2D eigenvalue weighted by molar-refractivity contribution is 6.13. The summed E-state index contributed by atoms with van der Waals surface area (Å²) in [6.07, 6.45) is 0. The lowest BCUT2D eigenvalue weighted by Crippen LogP contribution is -2.15. The Morgan fingerprint density at radius 3 is 1.98 bits per heavy atom. The van der Waals surface area contributed by atoms with E-state index in [9.17, 15) is 0 Å². The van der Waals surface area contributed by atoms with Crippen LogP contribution in [0.4, 0.5) is 17.1 Å². The minimum Gasteiger partial charge on any atom is -0.456 e. The van der Waals surface area contributed by atoms with Gasteiger partial charge in [0.25, 0.3) is 0 Å². The van der Waals surface area contributed by atoms with Gasteiger partial charge in [-0.15, -0.1) is 0 Å². The predicted octanol–water partition coefficient (Wildman–Crippen LogP) is 13.3. The first-order valence-corrected chi connectivity index (χ1v) is 17.0. The number of rotatable bonds is 4. The third-order valence-electron chi connectivity index (χ3n) is 10.6. The number of hydrogen-bond acceptors (Lipinski definition) is 2. The molecule has 1 aromatic heterocycles. The SMILES string of the molecule is CC1(C)c2ccccc2-c2c(-c3ccc(N(c4ccccc4)c4ccc5oc6ccccc6c5c4)c4ccccc34)cc3ccccc3c21. The van der Waals surface area contributed by atoms with E-state index < -0.39 is 0 Å². The van der Waals surface area contributed by atoms with Crippen molar-refractivity contribution in [3.63, 3.8) is 0 Å². The minimum absolute atomic E-state index is 0.114. The molecule has 1 aliphatic carbocycles. The third-order valence-corrected chi connectivity index (χ3v) is 10.6. The Kier molecular flexibility index (Phi) is 5.95. The molecular formula is C47H33NO. The first kappa shape index (κ1) is 27.9. The fourth-order valence-corrected chi connectivity index (χ4v) is 8.44. The highest BCUT2D eigenvalue weighted by Gasteiger charge is 2.38. The number of anilines is 3. The van der Waals surface area contributed by atoms with Gasteiger partial charge in [0.2, 0.25) is 0 Å². The molecule has 8 aromatic carbocycles. The molecule has 0 spiro atoms. The molecule has 0 fully saturated rings. The molecule has 0 aliphatic heterocycles. The number of nitrogens with zero attached hydrogens (tertiary/aromatic N) is 1. The molecule has 0 unspecified atom stereocenters. The van der Waals surface area contributed by atoms with Crippen molar-refractivity contribution in [3.8, 4) is 22.3 Å². The van der Waals surface area contributed by atoms with Crippen LogP contribution in [0.15, 0.2) is 168 Å². The molecule has 232 valence electrons. The molecule has 49 heavy (non-hydrogen) atoms. The molecular weight excluding hydrogens is 595 g/mol. The number of benzene rings is 8. The molecule has 0 saturated carbocycles. The number of furan rings is 1. The molecule has 1 aliphatic rings. The summed E-state index contributed by atoms with van der Waals surface area (Å²) < 4.78 is 6.22. The van der Waals surface area contributed by atoms with Gasteiger partial charge >= 0.3 is 0 Å². The summed E-state index contributed by atoms with van der Waals surface area (Å²) in [6.45, 7) is 4.76. The van der Waals surface area contributed by atoms with E-state index >= 15 is 0 Å². The van der Waals surface area contributed by atoms with Crippen molar-refractivity contribution in [1.29, 1.82) is 0 Å². The van der Waals surface area contributed by atoms with Gasteiger partial charge in [-0.1, -0.05) is 129 Å². The van der Waals surface area contributed by atoms with E-state index in [0.29, 0.717) is 0 Å². The molecule has 0 radical (unpaired) electrons. The second-order valence-corrected chi connectivity index (χ2v) is 13.7. The van der Waals surface area contributed by atoms with Crippen molar-refractivity contribution in [2.24, 2.45) is 0 Å². The van der Waals surface area contributed by atoms with Crippen molar-refractivity contribution in [2.75, 3.05) is 4.90 Å². The van der Waals surface area contributed by atoms with E-state index in [4.69, 9.17) is 4.42 Å². The van der Waals surface area contributed by atoms with Gasteiger partial charge < -0.3 is 9.32 Å². The monoisotopic (exact) mass is 627 g/mol. The van der Waals surface area contributed by atoms with Gasteiger partial charge in [0, 0.05) is 32.9 Å². The lowest BCUT2D eigenvalue weighted by Gasteiger charge is -2.28. The summed E-state index contributed by atoms with van der Waals surface area (Å²) in [5, 5.41) is 7.28. The van der Waals surface area contributed by atoms with Crippen LogP contribution in [0.3, 0.4) is 0 Å². The molecule has 2 heteroatoms. The quantitative estimate of drug-likeness (QED) is 0.193. The van der Waals surface area contributed by atoms with Gasteiger partial charge in [-0.3, -0.25) is 0 Å². The van der Waals surface area contributed by atoms with Crippen LogP contribution in [-0.4, -0.2) is 0 Å². The number of para-hydroxylation sites is 2. The van der Waals surface area contributed by atoms with E-state index in [1.807, 2.05) is 12.1 Å². The van der Waals surface area contributed by atoms with E-state index in [1.54, 1.807) is 0 Å². The smallest absolute Gasteiger partial charge is 0.135 e. The zero-order valence-electron chi connectivity index (χ0n) is 27.4. The van der Waals surface area contributed by atoms with E-state index in [-0.39, 0.29) is 5.41 Å². The van der Waals surface area contributed by atoms with Gasteiger partial charge in [0.1, 0.15) is 11.2 Å². The van der Waals surface area contributed by atoms with E-state index in [2.05, 4.69) is 170 Å². The van der Waals surface area contributed by atoms with Crippen molar-refractivity contribution < 1.29 is 4.42 Å². The molecule has 10 rings (SSSR count). The Bertz CT molecular complexity index is 2750. The maximum atomic E-state index is 6.22. The maximum Gasteiger partial charge on any atom is 0.135 e. The Labute approximate surface area is 285 Å². The normalized spacial score (nSPS) is 13.3. The van der Waals surface area contributed by atoms with Gasteiger partial charge in [-0.2, -0.15) is 0 Å². The summed E-state index contributed by atoms with van der Waals surface area (Å²) >= 11 is 0. The fourth-order valence-electron chi connectivity index (χ4n) is 8.44. The Morgan fingerprint density at radius 1 is 0.449 bits per heavy atom. The summed E-state index contributed by atoms with van der Waals surface area (Å²) in [5.41, 5.74) is 13.0. The van der Waals surface area contributed by atoms with Crippen LogP contribution in [0.25, 0.3) is 65.7 Å². The summed E-state index contributed by atoms with van der Waals surface area (Å²) in [6, 6.07) is 59.4. The van der Waals surface area contributed by atoms with E-state index in [0.717, 1.165) is 39.0 Å². The average Bonchev–Trinajstić information content (AvgIpc) is 3.64. The molecule has 0 N–H and O–H groups in total. The average molecular weight is 628 g/mol. The van der Waals surface area contributed by atoms with Gasteiger partial charge in [-0.25, -0.2) is 0 Å². The van der Waals surface area contributed by atoms with Crippen LogP contribution in [0.2, 0.25) is 0 Å². The third kappa shape index (κ3) is 4.07. The molecule has 9 aromatic rings. The van der Waals surface area contributed by atoms with Crippen LogP contribution in [0, 0.1) is 0 Å². The highest BCUT2D eigenvalue weighted by atomic mass is 16.3. The van der Waals surface area contributed by atoms with E-state index in [1.165, 1.54) is 54.9 Å². The molecule has 0 saturated heterocycles. The maximum absolute atomic E-state index is 6.22. The minimum atomic E-state index is -0.114. The van der Waals surface area contributed by atoms with Crippen molar-refractivity contribution in [1.82, 2.24) is 0 Å². The van der Waals surface area contributed by atoms with Gasteiger partial charge in [-0.05, 0) is 98.1 Å². The Morgan fingerprint density at radius 2 is 1.12 bits per heavy atom. The molecule has 0 atom stereocenters. The van der Waals surface area contributed by atoms with Crippen LogP contribution in [0.1, 0.15) is 25.0 Å². The number of hydrogen-bond donors (Lipinski definition) is 0. The van der Waals surface area contributed by atoms with Crippen molar-refractivity contribution >= 4 is 60.5 Å². The lowest BCUT2D eigenvalue weighted by molar-refractivity contribution is 0.666. The summed E-state index contributed by atoms with van der Waals surface area (Å²) in [4.78, 5) is 2.39. The molecule has 0 bridgehead atoms.